The Hall–Kier alpha value is -3.09. The first-order chi connectivity index (χ1) is 10.5. The summed E-state index contributed by atoms with van der Waals surface area (Å²) in [6.07, 6.45) is 0. The van der Waals surface area contributed by atoms with Crippen LogP contribution in [0.3, 0.4) is 0 Å². The van der Waals surface area contributed by atoms with E-state index in [2.05, 4.69) is 10.6 Å². The number of benzene rings is 2. The van der Waals surface area contributed by atoms with E-state index in [1.807, 2.05) is 31.1 Å². The first-order valence-electron chi connectivity index (χ1n) is 6.56. The van der Waals surface area contributed by atoms with Crippen LogP contribution in [0, 0.1) is 10.1 Å². The molecule has 0 aliphatic heterocycles. The highest BCUT2D eigenvalue weighted by atomic mass is 16.6. The molecule has 0 atom stereocenters. The third-order valence-corrected chi connectivity index (χ3v) is 2.99. The first kappa shape index (κ1) is 15.3. The third-order valence-electron chi connectivity index (χ3n) is 2.99. The molecular formula is C15H16N4O3. The molecule has 0 radical (unpaired) electrons. The van der Waals surface area contributed by atoms with E-state index in [9.17, 15) is 14.9 Å². The van der Waals surface area contributed by atoms with Crippen molar-refractivity contribution in [3.63, 3.8) is 0 Å². The Bertz CT molecular complexity index is 683. The number of carbonyl (C=O) groups excluding carboxylic acids is 1. The predicted molar refractivity (Wildman–Crippen MR) is 86.5 cm³/mol. The van der Waals surface area contributed by atoms with E-state index in [1.54, 1.807) is 24.3 Å². The van der Waals surface area contributed by atoms with Gasteiger partial charge in [0.05, 0.1) is 4.92 Å². The van der Waals surface area contributed by atoms with Gasteiger partial charge in [0.1, 0.15) is 5.69 Å². The average Bonchev–Trinajstić information content (AvgIpc) is 2.48. The molecule has 0 fully saturated rings. The van der Waals surface area contributed by atoms with Crippen LogP contribution in [0.2, 0.25) is 0 Å². The van der Waals surface area contributed by atoms with E-state index < -0.39 is 11.0 Å². The number of nitro benzene ring substituents is 1. The molecule has 2 aromatic rings. The number of nitro groups is 1. The Morgan fingerprint density at radius 2 is 1.68 bits per heavy atom. The Kier molecular flexibility index (Phi) is 4.57. The van der Waals surface area contributed by atoms with Gasteiger partial charge in [-0.05, 0) is 30.3 Å². The quantitative estimate of drug-likeness (QED) is 0.670. The summed E-state index contributed by atoms with van der Waals surface area (Å²) in [6.45, 7) is 0. The predicted octanol–water partition coefficient (Wildman–Crippen LogP) is 3.30. The number of hydrogen-bond acceptors (Lipinski definition) is 4. The summed E-state index contributed by atoms with van der Waals surface area (Å²) in [7, 11) is 3.84. The number of nitrogens with one attached hydrogen (secondary N) is 2. The minimum Gasteiger partial charge on any atom is -0.378 e. The van der Waals surface area contributed by atoms with Crippen molar-refractivity contribution in [1.29, 1.82) is 0 Å². The number of para-hydroxylation sites is 2. The molecule has 22 heavy (non-hydrogen) atoms. The Morgan fingerprint density at radius 3 is 2.27 bits per heavy atom. The summed E-state index contributed by atoms with van der Waals surface area (Å²) in [6, 6.07) is 12.7. The van der Waals surface area contributed by atoms with Gasteiger partial charge in [0, 0.05) is 31.5 Å². The molecule has 0 aliphatic rings. The smallest absolute Gasteiger partial charge is 0.323 e. The molecule has 0 spiro atoms. The molecule has 2 amide bonds. The maximum absolute atomic E-state index is 11.9. The van der Waals surface area contributed by atoms with Crippen molar-refractivity contribution in [3.05, 3.63) is 58.6 Å². The monoisotopic (exact) mass is 300 g/mol. The molecule has 0 heterocycles. The summed E-state index contributed by atoms with van der Waals surface area (Å²) in [4.78, 5) is 24.2. The lowest BCUT2D eigenvalue weighted by Crippen LogP contribution is -2.20. The number of rotatable bonds is 4. The Labute approximate surface area is 127 Å². The Morgan fingerprint density at radius 1 is 1.05 bits per heavy atom. The van der Waals surface area contributed by atoms with E-state index in [0.29, 0.717) is 5.69 Å². The average molecular weight is 300 g/mol. The molecule has 0 unspecified atom stereocenters. The molecular weight excluding hydrogens is 284 g/mol. The van der Waals surface area contributed by atoms with Crippen LogP contribution in [0.25, 0.3) is 0 Å². The first-order valence-corrected chi connectivity index (χ1v) is 6.56. The molecule has 2 N–H and O–H groups in total. The lowest BCUT2D eigenvalue weighted by atomic mass is 10.2. The Balaban J connectivity index is 2.06. The van der Waals surface area contributed by atoms with Crippen molar-refractivity contribution >= 4 is 28.8 Å². The molecule has 0 saturated heterocycles. The lowest BCUT2D eigenvalue weighted by molar-refractivity contribution is -0.383. The van der Waals surface area contributed by atoms with Gasteiger partial charge in [0.2, 0.25) is 0 Å². The minimum atomic E-state index is -0.540. The summed E-state index contributed by atoms with van der Waals surface area (Å²) < 4.78 is 0. The zero-order chi connectivity index (χ0) is 16.1. The summed E-state index contributed by atoms with van der Waals surface area (Å²) in [5.41, 5.74) is 1.60. The van der Waals surface area contributed by atoms with Crippen LogP contribution in [0.4, 0.5) is 27.5 Å². The van der Waals surface area contributed by atoms with Gasteiger partial charge in [0.15, 0.2) is 0 Å². The van der Waals surface area contributed by atoms with Gasteiger partial charge in [-0.2, -0.15) is 0 Å². The second kappa shape index (κ2) is 6.57. The molecule has 114 valence electrons. The third kappa shape index (κ3) is 3.72. The van der Waals surface area contributed by atoms with Gasteiger partial charge >= 0.3 is 6.03 Å². The molecule has 0 aliphatic carbocycles. The fourth-order valence-electron chi connectivity index (χ4n) is 1.87. The van der Waals surface area contributed by atoms with Crippen LogP contribution in [0.15, 0.2) is 48.5 Å². The van der Waals surface area contributed by atoms with E-state index in [-0.39, 0.29) is 11.4 Å². The van der Waals surface area contributed by atoms with Crippen molar-refractivity contribution in [2.45, 2.75) is 0 Å². The van der Waals surface area contributed by atoms with Crippen LogP contribution in [0.1, 0.15) is 0 Å². The number of urea groups is 1. The van der Waals surface area contributed by atoms with Gasteiger partial charge in [-0.25, -0.2) is 4.79 Å². The number of amides is 2. The molecule has 0 aromatic heterocycles. The SMILES string of the molecule is CN(C)c1ccc(NC(=O)Nc2ccccc2[N+](=O)[O-])cc1. The second-order valence-corrected chi connectivity index (χ2v) is 4.79. The highest BCUT2D eigenvalue weighted by molar-refractivity contribution is 6.01. The fourth-order valence-corrected chi connectivity index (χ4v) is 1.87. The number of hydrogen-bond donors (Lipinski definition) is 2. The molecule has 0 bridgehead atoms. The zero-order valence-electron chi connectivity index (χ0n) is 12.2. The summed E-state index contributed by atoms with van der Waals surface area (Å²) in [5.74, 6) is 0. The number of carbonyl (C=O) groups is 1. The zero-order valence-corrected chi connectivity index (χ0v) is 12.2. The van der Waals surface area contributed by atoms with Crippen molar-refractivity contribution in [2.24, 2.45) is 0 Å². The van der Waals surface area contributed by atoms with Crippen molar-refractivity contribution in [1.82, 2.24) is 0 Å². The molecule has 0 saturated carbocycles. The molecule has 7 nitrogen and oxygen atoms in total. The summed E-state index contributed by atoms with van der Waals surface area (Å²) >= 11 is 0. The molecule has 7 heteroatoms. The van der Waals surface area contributed by atoms with Crippen LogP contribution >= 0.6 is 0 Å². The number of anilines is 3. The van der Waals surface area contributed by atoms with Crippen LogP contribution in [0.5, 0.6) is 0 Å². The van der Waals surface area contributed by atoms with E-state index in [0.717, 1.165) is 5.69 Å². The van der Waals surface area contributed by atoms with Gasteiger partial charge in [-0.1, -0.05) is 12.1 Å². The van der Waals surface area contributed by atoms with Gasteiger partial charge in [-0.3, -0.25) is 10.1 Å². The van der Waals surface area contributed by atoms with E-state index in [1.165, 1.54) is 12.1 Å². The largest absolute Gasteiger partial charge is 0.378 e. The van der Waals surface area contributed by atoms with Crippen molar-refractivity contribution in [3.8, 4) is 0 Å². The van der Waals surface area contributed by atoms with Crippen molar-refractivity contribution in [2.75, 3.05) is 29.6 Å². The highest BCUT2D eigenvalue weighted by Crippen LogP contribution is 2.23. The van der Waals surface area contributed by atoms with Crippen LogP contribution in [-0.2, 0) is 0 Å². The summed E-state index contributed by atoms with van der Waals surface area (Å²) in [5, 5.41) is 16.0. The van der Waals surface area contributed by atoms with Crippen LogP contribution in [-0.4, -0.2) is 25.0 Å². The van der Waals surface area contributed by atoms with Gasteiger partial charge < -0.3 is 15.5 Å². The normalized spacial score (nSPS) is 9.91. The molecule has 2 aromatic carbocycles. The van der Waals surface area contributed by atoms with Crippen LogP contribution < -0.4 is 15.5 Å². The number of nitrogens with zero attached hydrogens (tertiary/aromatic N) is 2. The van der Waals surface area contributed by atoms with Gasteiger partial charge in [-0.15, -0.1) is 0 Å². The maximum Gasteiger partial charge on any atom is 0.323 e. The highest BCUT2D eigenvalue weighted by Gasteiger charge is 2.14. The molecule has 2 rings (SSSR count). The van der Waals surface area contributed by atoms with Crippen molar-refractivity contribution < 1.29 is 9.72 Å². The minimum absolute atomic E-state index is 0.148. The van der Waals surface area contributed by atoms with E-state index in [4.69, 9.17) is 0 Å². The fraction of sp³-hybridized carbons (Fsp3) is 0.133. The lowest BCUT2D eigenvalue weighted by Gasteiger charge is -2.13. The maximum atomic E-state index is 11.9. The van der Waals surface area contributed by atoms with E-state index >= 15 is 0 Å². The van der Waals surface area contributed by atoms with Gasteiger partial charge in [0.25, 0.3) is 5.69 Å². The second-order valence-electron chi connectivity index (χ2n) is 4.79. The topological polar surface area (TPSA) is 87.5 Å². The standard InChI is InChI=1S/C15H16N4O3/c1-18(2)12-9-7-11(8-10-12)16-15(20)17-13-5-3-4-6-14(13)19(21)22/h3-10H,1-2H3,(H2,16,17,20).